The first kappa shape index (κ1) is 21.7. The molecule has 6 nitrogen and oxygen atoms in total. The van der Waals surface area contributed by atoms with Gasteiger partial charge in [0.1, 0.15) is 0 Å². The molecule has 0 aliphatic rings. The van der Waals surface area contributed by atoms with Gasteiger partial charge in [-0.25, -0.2) is 4.79 Å². The fraction of sp³-hybridized carbons (Fsp3) is 0.150. The van der Waals surface area contributed by atoms with Crippen molar-refractivity contribution in [2.24, 2.45) is 5.73 Å². The number of amides is 2. The molecule has 0 heterocycles. The first-order valence-electron chi connectivity index (χ1n) is 8.33. The number of esters is 1. The maximum absolute atomic E-state index is 12.5. The molecule has 152 valence electrons. The molecule has 1 atom stereocenters. The zero-order chi connectivity index (χ0) is 21.6. The van der Waals surface area contributed by atoms with E-state index in [0.717, 1.165) is 18.2 Å². The predicted molar refractivity (Wildman–Crippen MR) is 99.6 cm³/mol. The van der Waals surface area contributed by atoms with Gasteiger partial charge in [-0.15, -0.1) is 0 Å². The highest BCUT2D eigenvalue weighted by molar-refractivity contribution is 5.97. The molecule has 9 heteroatoms. The number of hydrogen-bond donors (Lipinski definition) is 2. The van der Waals surface area contributed by atoms with Crippen LogP contribution in [0.1, 0.15) is 28.4 Å². The summed E-state index contributed by atoms with van der Waals surface area (Å²) in [6.45, 7) is 1.36. The van der Waals surface area contributed by atoms with E-state index in [4.69, 9.17) is 10.5 Å². The van der Waals surface area contributed by atoms with E-state index in [1.807, 2.05) is 0 Å². The lowest BCUT2D eigenvalue weighted by molar-refractivity contribution is -0.148. The lowest BCUT2D eigenvalue weighted by atomic mass is 10.1. The van der Waals surface area contributed by atoms with Crippen LogP contribution in [0.5, 0.6) is 0 Å². The first-order valence-corrected chi connectivity index (χ1v) is 8.33. The number of benzene rings is 2. The molecule has 0 unspecified atom stereocenters. The molecule has 2 rings (SSSR count). The van der Waals surface area contributed by atoms with Crippen LogP contribution in [0.15, 0.2) is 54.6 Å². The Balaban J connectivity index is 1.89. The molecule has 3 N–H and O–H groups in total. The fourth-order valence-corrected chi connectivity index (χ4v) is 2.18. The molecule has 29 heavy (non-hydrogen) atoms. The summed E-state index contributed by atoms with van der Waals surface area (Å²) in [6, 6.07) is 10.0. The molecule has 0 radical (unpaired) electrons. The number of carbonyl (C=O) groups excluding carboxylic acids is 3. The zero-order valence-electron chi connectivity index (χ0n) is 15.2. The lowest BCUT2D eigenvalue weighted by Gasteiger charge is -2.12. The highest BCUT2D eigenvalue weighted by atomic mass is 19.4. The Morgan fingerprint density at radius 1 is 1.03 bits per heavy atom. The summed E-state index contributed by atoms with van der Waals surface area (Å²) in [5.41, 5.74) is 5.34. The largest absolute Gasteiger partial charge is 0.449 e. The Morgan fingerprint density at radius 2 is 1.62 bits per heavy atom. The number of alkyl halides is 3. The number of hydrogen-bond acceptors (Lipinski definition) is 4. The van der Waals surface area contributed by atoms with E-state index in [1.54, 1.807) is 0 Å². The second kappa shape index (κ2) is 9.05. The fourth-order valence-electron chi connectivity index (χ4n) is 2.18. The van der Waals surface area contributed by atoms with Crippen LogP contribution in [0.2, 0.25) is 0 Å². The maximum Gasteiger partial charge on any atom is 0.416 e. The van der Waals surface area contributed by atoms with E-state index >= 15 is 0 Å². The van der Waals surface area contributed by atoms with Crippen molar-refractivity contribution in [3.05, 3.63) is 71.3 Å². The molecule has 0 spiro atoms. The molecule has 2 aromatic carbocycles. The van der Waals surface area contributed by atoms with Crippen LogP contribution >= 0.6 is 0 Å². The average molecular weight is 406 g/mol. The normalized spacial score (nSPS) is 12.4. The standard InChI is InChI=1S/C20H17F3N2O4/c1-12(19(28)25-16-9-5-14(6-10-16)18(24)27)29-17(26)11-4-13-2-7-15(8-3-13)20(21,22)23/h2-12H,1H3,(H2,24,27)(H,25,28)/b11-4-/t12-/m0/s1. The van der Waals surface area contributed by atoms with Gasteiger partial charge in [0.2, 0.25) is 5.91 Å². The van der Waals surface area contributed by atoms with Crippen molar-refractivity contribution >= 4 is 29.5 Å². The maximum atomic E-state index is 12.5. The number of carbonyl (C=O) groups is 3. The van der Waals surface area contributed by atoms with Gasteiger partial charge in [-0.1, -0.05) is 12.1 Å². The topological polar surface area (TPSA) is 98.5 Å². The van der Waals surface area contributed by atoms with Crippen molar-refractivity contribution in [1.29, 1.82) is 0 Å². The Hall–Kier alpha value is -3.62. The third-order valence-corrected chi connectivity index (χ3v) is 3.75. The van der Waals surface area contributed by atoms with Crippen molar-refractivity contribution in [3.63, 3.8) is 0 Å². The number of rotatable bonds is 6. The summed E-state index contributed by atoms with van der Waals surface area (Å²) in [5.74, 6) is -2.05. The summed E-state index contributed by atoms with van der Waals surface area (Å²) in [5, 5.41) is 2.51. The van der Waals surface area contributed by atoms with Gasteiger partial charge in [-0.05, 0) is 55.0 Å². The predicted octanol–water partition coefficient (Wildman–Crippen LogP) is 3.39. The van der Waals surface area contributed by atoms with Crippen LogP contribution < -0.4 is 11.1 Å². The monoisotopic (exact) mass is 406 g/mol. The molecule has 0 saturated heterocycles. The van der Waals surface area contributed by atoms with Gasteiger partial charge in [0.05, 0.1) is 5.56 Å². The van der Waals surface area contributed by atoms with E-state index in [1.165, 1.54) is 49.4 Å². The van der Waals surface area contributed by atoms with Gasteiger partial charge < -0.3 is 15.8 Å². The smallest absolute Gasteiger partial charge is 0.416 e. The number of halogens is 3. The van der Waals surface area contributed by atoms with Gasteiger partial charge in [-0.3, -0.25) is 9.59 Å². The highest BCUT2D eigenvalue weighted by Gasteiger charge is 2.29. The third-order valence-electron chi connectivity index (χ3n) is 3.75. The van der Waals surface area contributed by atoms with E-state index in [9.17, 15) is 27.6 Å². The van der Waals surface area contributed by atoms with Crippen molar-refractivity contribution < 1.29 is 32.3 Å². The summed E-state index contributed by atoms with van der Waals surface area (Å²) in [7, 11) is 0. The molecule has 2 aromatic rings. The minimum Gasteiger partial charge on any atom is -0.449 e. The van der Waals surface area contributed by atoms with Crippen molar-refractivity contribution in [2.75, 3.05) is 5.32 Å². The van der Waals surface area contributed by atoms with Gasteiger partial charge in [-0.2, -0.15) is 13.2 Å². The van der Waals surface area contributed by atoms with Crippen LogP contribution in [0.4, 0.5) is 18.9 Å². The Morgan fingerprint density at radius 3 is 2.14 bits per heavy atom. The molecule has 0 fully saturated rings. The molecule has 0 saturated carbocycles. The van der Waals surface area contributed by atoms with E-state index < -0.39 is 35.6 Å². The van der Waals surface area contributed by atoms with Crippen LogP contribution in [0, 0.1) is 0 Å². The number of nitrogens with one attached hydrogen (secondary N) is 1. The van der Waals surface area contributed by atoms with E-state index in [2.05, 4.69) is 5.32 Å². The van der Waals surface area contributed by atoms with Gasteiger partial charge >= 0.3 is 12.1 Å². The van der Waals surface area contributed by atoms with Gasteiger partial charge in [0.15, 0.2) is 6.10 Å². The number of nitrogens with two attached hydrogens (primary N) is 1. The molecule has 0 aromatic heterocycles. The second-order valence-electron chi connectivity index (χ2n) is 5.96. The van der Waals surface area contributed by atoms with E-state index in [-0.39, 0.29) is 5.56 Å². The molecule has 2 amide bonds. The van der Waals surface area contributed by atoms with E-state index in [0.29, 0.717) is 11.3 Å². The zero-order valence-corrected chi connectivity index (χ0v) is 15.2. The van der Waals surface area contributed by atoms with Gasteiger partial charge in [0, 0.05) is 17.3 Å². The summed E-state index contributed by atoms with van der Waals surface area (Å²) in [4.78, 5) is 34.9. The van der Waals surface area contributed by atoms with Crippen LogP contribution in [-0.4, -0.2) is 23.9 Å². The van der Waals surface area contributed by atoms with Crippen LogP contribution in [-0.2, 0) is 20.5 Å². The lowest BCUT2D eigenvalue weighted by Crippen LogP contribution is -2.29. The average Bonchev–Trinajstić information content (AvgIpc) is 2.66. The van der Waals surface area contributed by atoms with Crippen molar-refractivity contribution in [3.8, 4) is 0 Å². The highest BCUT2D eigenvalue weighted by Crippen LogP contribution is 2.29. The van der Waals surface area contributed by atoms with Crippen molar-refractivity contribution in [1.82, 2.24) is 0 Å². The third kappa shape index (κ3) is 6.49. The molecule has 0 bridgehead atoms. The van der Waals surface area contributed by atoms with Crippen LogP contribution in [0.25, 0.3) is 6.08 Å². The minimum absolute atomic E-state index is 0.274. The molecular weight excluding hydrogens is 389 g/mol. The minimum atomic E-state index is -4.44. The number of ether oxygens (including phenoxy) is 1. The number of anilines is 1. The number of primary amides is 1. The Bertz CT molecular complexity index is 920. The summed E-state index contributed by atoms with van der Waals surface area (Å²) < 4.78 is 42.5. The SMILES string of the molecule is C[C@H](OC(=O)/C=C\c1ccc(C(F)(F)F)cc1)C(=O)Nc1ccc(C(N)=O)cc1. The molecular formula is C20H17F3N2O4. The summed E-state index contributed by atoms with van der Waals surface area (Å²) >= 11 is 0. The first-order chi connectivity index (χ1) is 13.6. The van der Waals surface area contributed by atoms with Gasteiger partial charge in [0.25, 0.3) is 5.91 Å². The molecule has 0 aliphatic heterocycles. The van der Waals surface area contributed by atoms with Crippen molar-refractivity contribution in [2.45, 2.75) is 19.2 Å². The molecule has 0 aliphatic carbocycles. The quantitative estimate of drug-likeness (QED) is 0.568. The Kier molecular flexibility index (Phi) is 6.76. The Labute approximate surface area is 164 Å². The van der Waals surface area contributed by atoms with Crippen LogP contribution in [0.3, 0.4) is 0 Å². The second-order valence-corrected chi connectivity index (χ2v) is 5.96. The summed E-state index contributed by atoms with van der Waals surface area (Å²) in [6.07, 6.45) is -3.29.